The fourth-order valence-electron chi connectivity index (χ4n) is 2.06. The van der Waals surface area contributed by atoms with Crippen LogP contribution in [0.1, 0.15) is 11.6 Å². The minimum atomic E-state index is -0.196. The maximum Gasteiger partial charge on any atom is 0.258 e. The highest BCUT2D eigenvalue weighted by Crippen LogP contribution is 2.27. The number of amides is 1. The molecule has 0 fully saturated rings. The van der Waals surface area contributed by atoms with Crippen molar-refractivity contribution in [3.63, 3.8) is 0 Å². The van der Waals surface area contributed by atoms with E-state index in [9.17, 15) is 4.79 Å². The standard InChI is InChI=1S/C16H18Cl2N2O2S/c1-20(2)14(11-5-6-23-10-11)8-19-16(21)9-22-15-4-3-12(17)7-13(15)18/h3-7,10,14H,8-9H2,1-2H3,(H,19,21). The summed E-state index contributed by atoms with van der Waals surface area (Å²) in [5.74, 6) is 0.242. The Labute approximate surface area is 150 Å². The van der Waals surface area contributed by atoms with Gasteiger partial charge in [-0.1, -0.05) is 23.2 Å². The van der Waals surface area contributed by atoms with Gasteiger partial charge in [-0.15, -0.1) is 0 Å². The maximum atomic E-state index is 12.0. The molecule has 1 heterocycles. The van der Waals surface area contributed by atoms with Crippen molar-refractivity contribution in [3.05, 3.63) is 50.6 Å². The molecule has 1 aromatic carbocycles. The predicted octanol–water partition coefficient (Wildman–Crippen LogP) is 3.85. The van der Waals surface area contributed by atoms with Crippen molar-refractivity contribution in [2.24, 2.45) is 0 Å². The molecule has 0 aliphatic carbocycles. The van der Waals surface area contributed by atoms with Gasteiger partial charge in [-0.25, -0.2) is 0 Å². The molecule has 7 heteroatoms. The van der Waals surface area contributed by atoms with E-state index >= 15 is 0 Å². The Hall–Kier alpha value is -1.27. The van der Waals surface area contributed by atoms with E-state index in [1.54, 1.807) is 29.5 Å². The van der Waals surface area contributed by atoms with Gasteiger partial charge in [-0.3, -0.25) is 4.79 Å². The van der Waals surface area contributed by atoms with E-state index in [2.05, 4.69) is 21.7 Å². The average molecular weight is 373 g/mol. The highest BCUT2D eigenvalue weighted by Gasteiger charge is 2.16. The summed E-state index contributed by atoms with van der Waals surface area (Å²) in [4.78, 5) is 14.0. The minimum Gasteiger partial charge on any atom is -0.482 e. The smallest absolute Gasteiger partial charge is 0.258 e. The van der Waals surface area contributed by atoms with Gasteiger partial charge in [0.25, 0.3) is 5.91 Å². The van der Waals surface area contributed by atoms with Crippen molar-refractivity contribution < 1.29 is 9.53 Å². The molecule has 124 valence electrons. The van der Waals surface area contributed by atoms with E-state index in [0.29, 0.717) is 22.3 Å². The number of carbonyl (C=O) groups is 1. The number of carbonyl (C=O) groups excluding carboxylic acids is 1. The van der Waals surface area contributed by atoms with Crippen LogP contribution >= 0.6 is 34.5 Å². The molecule has 1 N–H and O–H groups in total. The molecule has 0 radical (unpaired) electrons. The van der Waals surface area contributed by atoms with Gasteiger partial charge in [0, 0.05) is 11.6 Å². The summed E-state index contributed by atoms with van der Waals surface area (Å²) in [5.41, 5.74) is 1.18. The van der Waals surface area contributed by atoms with Gasteiger partial charge in [0.15, 0.2) is 6.61 Å². The first-order chi connectivity index (χ1) is 11.0. The Bertz CT molecular complexity index is 648. The zero-order chi connectivity index (χ0) is 16.8. The molecule has 2 rings (SSSR count). The number of halogens is 2. The van der Waals surface area contributed by atoms with Crippen LogP contribution in [0.3, 0.4) is 0 Å². The van der Waals surface area contributed by atoms with Crippen LogP contribution < -0.4 is 10.1 Å². The van der Waals surface area contributed by atoms with Crippen LogP contribution in [-0.2, 0) is 4.79 Å². The van der Waals surface area contributed by atoms with E-state index < -0.39 is 0 Å². The lowest BCUT2D eigenvalue weighted by molar-refractivity contribution is -0.123. The molecular weight excluding hydrogens is 355 g/mol. The second-order valence-electron chi connectivity index (χ2n) is 5.20. The molecule has 1 aromatic heterocycles. The molecule has 0 saturated carbocycles. The van der Waals surface area contributed by atoms with Gasteiger partial charge in [-0.05, 0) is 54.7 Å². The number of nitrogens with one attached hydrogen (secondary N) is 1. The molecule has 0 aliphatic rings. The Kier molecular flexibility index (Phi) is 6.72. The molecule has 1 amide bonds. The summed E-state index contributed by atoms with van der Waals surface area (Å²) >= 11 is 13.5. The molecule has 2 aromatic rings. The molecule has 4 nitrogen and oxygen atoms in total. The van der Waals surface area contributed by atoms with Crippen LogP contribution in [-0.4, -0.2) is 38.1 Å². The SMILES string of the molecule is CN(C)C(CNC(=O)COc1ccc(Cl)cc1Cl)c1ccsc1. The summed E-state index contributed by atoms with van der Waals surface area (Å²) in [7, 11) is 3.97. The van der Waals surface area contributed by atoms with Crippen molar-refractivity contribution in [1.82, 2.24) is 10.2 Å². The molecule has 23 heavy (non-hydrogen) atoms. The van der Waals surface area contributed by atoms with Crippen LogP contribution in [0.15, 0.2) is 35.0 Å². The first-order valence-electron chi connectivity index (χ1n) is 7.00. The molecule has 0 saturated heterocycles. The van der Waals surface area contributed by atoms with Gasteiger partial charge < -0.3 is 15.0 Å². The van der Waals surface area contributed by atoms with Crippen LogP contribution in [0.5, 0.6) is 5.75 Å². The van der Waals surface area contributed by atoms with E-state index in [4.69, 9.17) is 27.9 Å². The van der Waals surface area contributed by atoms with Gasteiger partial charge >= 0.3 is 0 Å². The zero-order valence-corrected chi connectivity index (χ0v) is 15.2. The van der Waals surface area contributed by atoms with Crippen LogP contribution in [0.4, 0.5) is 0 Å². The Morgan fingerprint density at radius 1 is 1.35 bits per heavy atom. The molecule has 1 atom stereocenters. The maximum absolute atomic E-state index is 12.0. The number of thiophene rings is 1. The predicted molar refractivity (Wildman–Crippen MR) is 95.7 cm³/mol. The number of rotatable bonds is 7. The van der Waals surface area contributed by atoms with Gasteiger partial charge in [0.05, 0.1) is 11.1 Å². The normalized spacial score (nSPS) is 12.2. The van der Waals surface area contributed by atoms with Crippen LogP contribution in [0, 0.1) is 0 Å². The summed E-state index contributed by atoms with van der Waals surface area (Å²) < 4.78 is 5.42. The second-order valence-corrected chi connectivity index (χ2v) is 6.83. The Morgan fingerprint density at radius 3 is 2.74 bits per heavy atom. The number of likely N-dealkylation sites (N-methyl/N-ethyl adjacent to an activating group) is 1. The number of hydrogen-bond donors (Lipinski definition) is 1. The first kappa shape index (κ1) is 18.1. The molecular formula is C16H18Cl2N2O2S. The third kappa shape index (κ3) is 5.39. The van der Waals surface area contributed by atoms with E-state index in [0.717, 1.165) is 0 Å². The Morgan fingerprint density at radius 2 is 2.13 bits per heavy atom. The molecule has 0 spiro atoms. The summed E-state index contributed by atoms with van der Waals surface area (Å²) in [5, 5.41) is 7.90. The lowest BCUT2D eigenvalue weighted by atomic mass is 10.1. The fourth-order valence-corrected chi connectivity index (χ4v) is 3.23. The van der Waals surface area contributed by atoms with Gasteiger partial charge in [-0.2, -0.15) is 11.3 Å². The van der Waals surface area contributed by atoms with E-state index in [-0.39, 0.29) is 18.6 Å². The quantitative estimate of drug-likeness (QED) is 0.802. The summed E-state index contributed by atoms with van der Waals surface area (Å²) in [6.45, 7) is 0.422. The lowest BCUT2D eigenvalue weighted by Gasteiger charge is -2.24. The third-order valence-electron chi connectivity index (χ3n) is 3.30. The number of nitrogens with zero attached hydrogens (tertiary/aromatic N) is 1. The van der Waals surface area contributed by atoms with Gasteiger partial charge in [0.1, 0.15) is 5.75 Å². The van der Waals surface area contributed by atoms with Crippen LogP contribution in [0.25, 0.3) is 0 Å². The third-order valence-corrected chi connectivity index (χ3v) is 4.53. The zero-order valence-electron chi connectivity index (χ0n) is 12.9. The second kappa shape index (κ2) is 8.55. The first-order valence-corrected chi connectivity index (χ1v) is 8.70. The van der Waals surface area contributed by atoms with Crippen molar-refractivity contribution >= 4 is 40.4 Å². The number of hydrogen-bond acceptors (Lipinski definition) is 4. The fraction of sp³-hybridized carbons (Fsp3) is 0.312. The van der Waals surface area contributed by atoms with Crippen LogP contribution in [0.2, 0.25) is 10.0 Å². The molecule has 0 aliphatic heterocycles. The monoisotopic (exact) mass is 372 g/mol. The van der Waals surface area contributed by atoms with Crippen molar-refractivity contribution in [3.8, 4) is 5.75 Å². The van der Waals surface area contributed by atoms with Gasteiger partial charge in [0.2, 0.25) is 0 Å². The highest BCUT2D eigenvalue weighted by atomic mass is 35.5. The van der Waals surface area contributed by atoms with Crippen molar-refractivity contribution in [2.45, 2.75) is 6.04 Å². The van der Waals surface area contributed by atoms with Crippen molar-refractivity contribution in [1.29, 1.82) is 0 Å². The van der Waals surface area contributed by atoms with E-state index in [1.165, 1.54) is 5.56 Å². The largest absolute Gasteiger partial charge is 0.482 e. The summed E-state index contributed by atoms with van der Waals surface area (Å²) in [6.07, 6.45) is 0. The minimum absolute atomic E-state index is 0.0921. The highest BCUT2D eigenvalue weighted by molar-refractivity contribution is 7.07. The molecule has 0 bridgehead atoms. The van der Waals surface area contributed by atoms with E-state index in [1.807, 2.05) is 19.5 Å². The average Bonchev–Trinajstić information content (AvgIpc) is 3.00. The number of ether oxygens (including phenoxy) is 1. The molecule has 1 unspecified atom stereocenters. The van der Waals surface area contributed by atoms with Crippen molar-refractivity contribution in [2.75, 3.05) is 27.2 Å². The Balaban J connectivity index is 1.84. The summed E-state index contributed by atoms with van der Waals surface area (Å²) in [6, 6.07) is 7.08. The topological polar surface area (TPSA) is 41.6 Å². The lowest BCUT2D eigenvalue weighted by Crippen LogP contribution is -2.36. The number of benzene rings is 1.